The van der Waals surface area contributed by atoms with E-state index in [1.54, 1.807) is 0 Å². The van der Waals surface area contributed by atoms with Crippen LogP contribution in [0.1, 0.15) is 18.4 Å². The maximum absolute atomic E-state index is 5.95. The molecule has 0 amide bonds. The Bertz CT molecular complexity index is 340. The van der Waals surface area contributed by atoms with Crippen LogP contribution in [0.4, 0.5) is 0 Å². The summed E-state index contributed by atoms with van der Waals surface area (Å²) in [5.41, 5.74) is 1.17. The van der Waals surface area contributed by atoms with E-state index in [0.29, 0.717) is 10.0 Å². The van der Waals surface area contributed by atoms with Crippen molar-refractivity contribution in [1.29, 1.82) is 0 Å². The number of hydrogen-bond donors (Lipinski definition) is 1. The standard InChI is InChI=1S/C13H20Cl2N2/c1-17(2)8-4-3-7-16-10-11-5-6-12(14)13(15)9-11/h5-6,9,16H,3-4,7-8,10H2,1-2H3. The van der Waals surface area contributed by atoms with Gasteiger partial charge in [0.15, 0.2) is 0 Å². The molecule has 17 heavy (non-hydrogen) atoms. The minimum atomic E-state index is 0.612. The van der Waals surface area contributed by atoms with Gasteiger partial charge in [0.2, 0.25) is 0 Å². The number of benzene rings is 1. The second-order valence-corrected chi connectivity index (χ2v) is 5.25. The summed E-state index contributed by atoms with van der Waals surface area (Å²) in [7, 11) is 4.20. The third kappa shape index (κ3) is 6.27. The number of nitrogens with one attached hydrogen (secondary N) is 1. The first kappa shape index (κ1) is 14.8. The first-order valence-electron chi connectivity index (χ1n) is 5.89. The molecule has 0 spiro atoms. The van der Waals surface area contributed by atoms with Crippen molar-refractivity contribution in [2.24, 2.45) is 0 Å². The first-order valence-corrected chi connectivity index (χ1v) is 6.64. The van der Waals surface area contributed by atoms with Crippen molar-refractivity contribution in [2.45, 2.75) is 19.4 Å². The molecule has 0 aliphatic rings. The Balaban J connectivity index is 2.16. The van der Waals surface area contributed by atoms with Crippen LogP contribution in [-0.4, -0.2) is 32.1 Å². The van der Waals surface area contributed by atoms with Crippen LogP contribution in [0.3, 0.4) is 0 Å². The lowest BCUT2D eigenvalue weighted by atomic mass is 10.2. The minimum absolute atomic E-state index is 0.612. The van der Waals surface area contributed by atoms with E-state index >= 15 is 0 Å². The summed E-state index contributed by atoms with van der Waals surface area (Å²) in [6.45, 7) is 3.03. The van der Waals surface area contributed by atoms with Gasteiger partial charge in [-0.05, 0) is 57.7 Å². The van der Waals surface area contributed by atoms with Gasteiger partial charge in [0.05, 0.1) is 10.0 Å². The lowest BCUT2D eigenvalue weighted by Crippen LogP contribution is -2.18. The number of rotatable bonds is 7. The fraction of sp³-hybridized carbons (Fsp3) is 0.538. The van der Waals surface area contributed by atoms with E-state index in [-0.39, 0.29) is 0 Å². The molecule has 0 aliphatic carbocycles. The van der Waals surface area contributed by atoms with Gasteiger partial charge in [-0.25, -0.2) is 0 Å². The van der Waals surface area contributed by atoms with Gasteiger partial charge >= 0.3 is 0 Å². The number of unbranched alkanes of at least 4 members (excludes halogenated alkanes) is 1. The van der Waals surface area contributed by atoms with Crippen LogP contribution >= 0.6 is 23.2 Å². The van der Waals surface area contributed by atoms with Crippen molar-refractivity contribution in [3.63, 3.8) is 0 Å². The largest absolute Gasteiger partial charge is 0.313 e. The smallest absolute Gasteiger partial charge is 0.0595 e. The SMILES string of the molecule is CN(C)CCCCNCc1ccc(Cl)c(Cl)c1. The molecule has 0 fully saturated rings. The molecule has 0 aliphatic heterocycles. The van der Waals surface area contributed by atoms with E-state index in [9.17, 15) is 0 Å². The molecule has 0 heterocycles. The summed E-state index contributed by atoms with van der Waals surface area (Å²) < 4.78 is 0. The van der Waals surface area contributed by atoms with Crippen LogP contribution in [-0.2, 0) is 6.54 Å². The molecule has 1 N–H and O–H groups in total. The lowest BCUT2D eigenvalue weighted by Gasteiger charge is -2.09. The van der Waals surface area contributed by atoms with Crippen molar-refractivity contribution in [3.8, 4) is 0 Å². The van der Waals surface area contributed by atoms with Crippen molar-refractivity contribution < 1.29 is 0 Å². The van der Waals surface area contributed by atoms with Crippen LogP contribution in [0.15, 0.2) is 18.2 Å². The number of hydrogen-bond acceptors (Lipinski definition) is 2. The van der Waals surface area contributed by atoms with Crippen LogP contribution in [0.5, 0.6) is 0 Å². The topological polar surface area (TPSA) is 15.3 Å². The van der Waals surface area contributed by atoms with E-state index in [1.165, 1.54) is 18.4 Å². The Hall–Kier alpha value is -0.280. The predicted molar refractivity (Wildman–Crippen MR) is 76.0 cm³/mol. The molecule has 0 saturated heterocycles. The van der Waals surface area contributed by atoms with Crippen LogP contribution in [0, 0.1) is 0 Å². The molecule has 0 atom stereocenters. The highest BCUT2D eigenvalue weighted by atomic mass is 35.5. The maximum atomic E-state index is 5.95. The highest BCUT2D eigenvalue weighted by molar-refractivity contribution is 6.42. The van der Waals surface area contributed by atoms with Gasteiger partial charge in [-0.1, -0.05) is 29.3 Å². The van der Waals surface area contributed by atoms with Crippen LogP contribution < -0.4 is 5.32 Å². The lowest BCUT2D eigenvalue weighted by molar-refractivity contribution is 0.391. The third-order valence-electron chi connectivity index (χ3n) is 2.52. The van der Waals surface area contributed by atoms with Crippen molar-refractivity contribution >= 4 is 23.2 Å². The number of halogens is 2. The van der Waals surface area contributed by atoms with E-state index < -0.39 is 0 Å². The van der Waals surface area contributed by atoms with Crippen LogP contribution in [0.2, 0.25) is 10.0 Å². The Morgan fingerprint density at radius 1 is 1.12 bits per heavy atom. The van der Waals surface area contributed by atoms with E-state index in [1.807, 2.05) is 18.2 Å². The summed E-state index contributed by atoms with van der Waals surface area (Å²) in [4.78, 5) is 2.21. The molecule has 1 aromatic rings. The molecule has 1 rings (SSSR count). The molecular formula is C13H20Cl2N2. The normalized spacial score (nSPS) is 11.1. The van der Waals surface area contributed by atoms with Gasteiger partial charge in [0, 0.05) is 6.54 Å². The van der Waals surface area contributed by atoms with E-state index in [0.717, 1.165) is 19.6 Å². The molecule has 0 aromatic heterocycles. The molecule has 0 unspecified atom stereocenters. The second-order valence-electron chi connectivity index (χ2n) is 4.44. The average Bonchev–Trinajstić information content (AvgIpc) is 2.27. The second kappa shape index (κ2) is 7.93. The summed E-state index contributed by atoms with van der Waals surface area (Å²) in [5, 5.41) is 4.64. The van der Waals surface area contributed by atoms with Gasteiger partial charge in [-0.15, -0.1) is 0 Å². The fourth-order valence-corrected chi connectivity index (χ4v) is 1.88. The molecular weight excluding hydrogens is 255 g/mol. The Kier molecular flexibility index (Phi) is 6.90. The molecule has 1 aromatic carbocycles. The van der Waals surface area contributed by atoms with Gasteiger partial charge < -0.3 is 10.2 Å². The zero-order chi connectivity index (χ0) is 12.7. The zero-order valence-corrected chi connectivity index (χ0v) is 12.0. The van der Waals surface area contributed by atoms with Crippen LogP contribution in [0.25, 0.3) is 0 Å². The third-order valence-corrected chi connectivity index (χ3v) is 3.26. The van der Waals surface area contributed by atoms with E-state index in [4.69, 9.17) is 23.2 Å². The van der Waals surface area contributed by atoms with Gasteiger partial charge in [-0.2, -0.15) is 0 Å². The first-order chi connectivity index (χ1) is 8.09. The molecule has 96 valence electrons. The zero-order valence-electron chi connectivity index (χ0n) is 10.5. The van der Waals surface area contributed by atoms with E-state index in [2.05, 4.69) is 24.3 Å². The molecule has 0 saturated carbocycles. The molecule has 0 radical (unpaired) electrons. The van der Waals surface area contributed by atoms with Crippen molar-refractivity contribution in [2.75, 3.05) is 27.2 Å². The Morgan fingerprint density at radius 3 is 2.53 bits per heavy atom. The molecule has 2 nitrogen and oxygen atoms in total. The van der Waals surface area contributed by atoms with Gasteiger partial charge in [-0.3, -0.25) is 0 Å². The van der Waals surface area contributed by atoms with Gasteiger partial charge in [0.25, 0.3) is 0 Å². The monoisotopic (exact) mass is 274 g/mol. The summed E-state index contributed by atoms with van der Waals surface area (Å²) in [5.74, 6) is 0. The van der Waals surface area contributed by atoms with Crippen molar-refractivity contribution in [1.82, 2.24) is 10.2 Å². The highest BCUT2D eigenvalue weighted by Crippen LogP contribution is 2.22. The predicted octanol–water partition coefficient (Wildman–Crippen LogP) is 3.42. The molecule has 4 heteroatoms. The Labute approximate surface area is 114 Å². The molecule has 0 bridgehead atoms. The summed E-state index contributed by atoms with van der Waals surface area (Å²) >= 11 is 11.8. The maximum Gasteiger partial charge on any atom is 0.0595 e. The summed E-state index contributed by atoms with van der Waals surface area (Å²) in [6.07, 6.45) is 2.42. The van der Waals surface area contributed by atoms with Gasteiger partial charge in [0.1, 0.15) is 0 Å². The number of nitrogens with zero attached hydrogens (tertiary/aromatic N) is 1. The Morgan fingerprint density at radius 2 is 1.88 bits per heavy atom. The van der Waals surface area contributed by atoms with Crippen molar-refractivity contribution in [3.05, 3.63) is 33.8 Å². The minimum Gasteiger partial charge on any atom is -0.313 e. The quantitative estimate of drug-likeness (QED) is 0.767. The fourth-order valence-electron chi connectivity index (χ4n) is 1.56. The average molecular weight is 275 g/mol. The summed E-state index contributed by atoms with van der Waals surface area (Å²) in [6, 6.07) is 5.75. The highest BCUT2D eigenvalue weighted by Gasteiger charge is 1.99.